The normalized spacial score (nSPS) is 17.8. The van der Waals surface area contributed by atoms with Crippen molar-refractivity contribution < 1.29 is 33.9 Å². The number of aromatic nitrogens is 1. The van der Waals surface area contributed by atoms with Crippen molar-refractivity contribution in [2.75, 3.05) is 12.3 Å². The van der Waals surface area contributed by atoms with Gasteiger partial charge in [0.2, 0.25) is 29.5 Å². The summed E-state index contributed by atoms with van der Waals surface area (Å²) in [7, 11) is 0. The minimum absolute atomic E-state index is 0.0662. The van der Waals surface area contributed by atoms with Crippen molar-refractivity contribution >= 4 is 58.2 Å². The first-order valence-corrected chi connectivity index (χ1v) is 16.4. The maximum Gasteiger partial charge on any atom is 0.305 e. The number of para-hydroxylation sites is 1. The fraction of sp³-hybridized carbons (Fsp3) is 0.394. The Morgan fingerprint density at radius 3 is 2.32 bits per heavy atom. The third kappa shape index (κ3) is 9.12. The predicted molar refractivity (Wildman–Crippen MR) is 177 cm³/mol. The molecule has 1 aliphatic heterocycles. The summed E-state index contributed by atoms with van der Waals surface area (Å²) in [4.78, 5) is 82.1. The zero-order valence-corrected chi connectivity index (χ0v) is 27.0. The summed E-state index contributed by atoms with van der Waals surface area (Å²) in [5.41, 5.74) is 7.95. The molecule has 0 radical (unpaired) electrons. The molecule has 0 saturated carbocycles. The molecule has 1 aromatic heterocycles. The molecule has 4 rings (SSSR count). The van der Waals surface area contributed by atoms with Crippen LogP contribution in [0.25, 0.3) is 10.9 Å². The van der Waals surface area contributed by atoms with Crippen LogP contribution in [0.3, 0.4) is 0 Å². The standard InChI is InChI=1S/C33H40N6O7S/c1-3-47-27-13-14-39(33(46)26(36-19(2)40)16-21-18-35-23-12-8-7-11-22(21)23)29(27)32(45)38-25(17-28(41)42)31(44)37-24(30(34)43)15-20-9-5-4-6-10-20/h4-12,18,24-27,29,35H,3,13-17H2,1-2H3,(H2,34,43)(H,36,40)(H,37,44)(H,38,45)(H,41,42)/t24-,25-,26-,27-,29-/m0/s1. The molecule has 1 saturated heterocycles. The van der Waals surface area contributed by atoms with Gasteiger partial charge < -0.3 is 36.7 Å². The Morgan fingerprint density at radius 2 is 1.66 bits per heavy atom. The third-order valence-electron chi connectivity index (χ3n) is 8.00. The van der Waals surface area contributed by atoms with E-state index in [-0.39, 0.29) is 24.6 Å². The van der Waals surface area contributed by atoms with Gasteiger partial charge in [0.05, 0.1) is 6.42 Å². The number of carbonyl (C=O) groups excluding carboxylic acids is 5. The zero-order chi connectivity index (χ0) is 34.1. The summed E-state index contributed by atoms with van der Waals surface area (Å²) in [6.07, 6.45) is 1.72. The topological polar surface area (TPSA) is 204 Å². The molecule has 2 heterocycles. The summed E-state index contributed by atoms with van der Waals surface area (Å²) >= 11 is 1.47. The fourth-order valence-electron chi connectivity index (χ4n) is 5.86. The largest absolute Gasteiger partial charge is 0.481 e. The molecule has 250 valence electrons. The molecule has 5 atom stereocenters. The molecule has 0 bridgehead atoms. The van der Waals surface area contributed by atoms with Crippen LogP contribution in [0.4, 0.5) is 0 Å². The van der Waals surface area contributed by atoms with Crippen LogP contribution in [0.5, 0.6) is 0 Å². The molecule has 47 heavy (non-hydrogen) atoms. The average molecular weight is 665 g/mol. The van der Waals surface area contributed by atoms with E-state index in [1.54, 1.807) is 36.5 Å². The molecule has 1 aliphatic rings. The number of thioether (sulfide) groups is 1. The van der Waals surface area contributed by atoms with Gasteiger partial charge in [-0.3, -0.25) is 28.8 Å². The first kappa shape index (κ1) is 35.0. The molecule has 0 unspecified atom stereocenters. The Hall–Kier alpha value is -4.85. The van der Waals surface area contributed by atoms with E-state index in [9.17, 15) is 33.9 Å². The predicted octanol–water partition coefficient (Wildman–Crippen LogP) is 1.11. The van der Waals surface area contributed by atoms with Crippen molar-refractivity contribution in [2.45, 2.75) is 68.9 Å². The number of nitrogens with zero attached hydrogens (tertiary/aromatic N) is 1. The molecule has 7 N–H and O–H groups in total. The van der Waals surface area contributed by atoms with Gasteiger partial charge in [0.15, 0.2) is 0 Å². The molecule has 13 nitrogen and oxygen atoms in total. The number of primary amides is 1. The van der Waals surface area contributed by atoms with E-state index in [1.165, 1.54) is 23.6 Å². The number of fused-ring (bicyclic) bond motifs is 1. The van der Waals surface area contributed by atoms with E-state index < -0.39 is 66.1 Å². The summed E-state index contributed by atoms with van der Waals surface area (Å²) in [6, 6.07) is 11.6. The number of carboxylic acids is 1. The number of carbonyl (C=O) groups is 6. The van der Waals surface area contributed by atoms with Crippen LogP contribution in [0.2, 0.25) is 0 Å². The van der Waals surface area contributed by atoms with Gasteiger partial charge in [-0.05, 0) is 29.4 Å². The molecule has 1 fully saturated rings. The van der Waals surface area contributed by atoms with Crippen molar-refractivity contribution in [1.82, 2.24) is 25.8 Å². The summed E-state index contributed by atoms with van der Waals surface area (Å²) in [5.74, 6) is -4.04. The Balaban J connectivity index is 1.56. The van der Waals surface area contributed by atoms with Gasteiger partial charge in [0, 0.05) is 48.7 Å². The molecular weight excluding hydrogens is 624 g/mol. The number of likely N-dealkylation sites (tertiary alicyclic amines) is 1. The monoisotopic (exact) mass is 664 g/mol. The number of H-pyrrole nitrogens is 1. The zero-order valence-electron chi connectivity index (χ0n) is 26.2. The number of carboxylic acid groups (broad SMARTS) is 1. The minimum Gasteiger partial charge on any atom is -0.481 e. The molecule has 0 aliphatic carbocycles. The second-order valence-electron chi connectivity index (χ2n) is 11.4. The van der Waals surface area contributed by atoms with Crippen molar-refractivity contribution in [3.05, 3.63) is 71.9 Å². The highest BCUT2D eigenvalue weighted by molar-refractivity contribution is 7.99. The van der Waals surface area contributed by atoms with Gasteiger partial charge in [0.1, 0.15) is 24.2 Å². The summed E-state index contributed by atoms with van der Waals surface area (Å²) in [6.45, 7) is 3.44. The lowest BCUT2D eigenvalue weighted by Crippen LogP contribution is -2.59. The van der Waals surface area contributed by atoms with Gasteiger partial charge >= 0.3 is 5.97 Å². The second kappa shape index (κ2) is 16.1. The number of nitrogens with two attached hydrogens (primary N) is 1. The lowest BCUT2D eigenvalue weighted by Gasteiger charge is -2.31. The third-order valence-corrected chi connectivity index (χ3v) is 9.26. The number of nitrogens with one attached hydrogen (secondary N) is 4. The highest BCUT2D eigenvalue weighted by Crippen LogP contribution is 2.30. The second-order valence-corrected chi connectivity index (χ2v) is 12.9. The van der Waals surface area contributed by atoms with E-state index in [0.29, 0.717) is 12.2 Å². The van der Waals surface area contributed by atoms with Gasteiger partial charge in [-0.15, -0.1) is 0 Å². The first-order chi connectivity index (χ1) is 22.5. The van der Waals surface area contributed by atoms with E-state index in [2.05, 4.69) is 20.9 Å². The maximum absolute atomic E-state index is 14.1. The highest BCUT2D eigenvalue weighted by atomic mass is 32.2. The fourth-order valence-corrected chi connectivity index (χ4v) is 7.02. The average Bonchev–Trinajstić information content (AvgIpc) is 3.64. The van der Waals surface area contributed by atoms with Gasteiger partial charge in [0.25, 0.3) is 0 Å². The Bertz CT molecular complexity index is 1610. The number of amides is 5. The van der Waals surface area contributed by atoms with Crippen molar-refractivity contribution in [1.29, 1.82) is 0 Å². The lowest BCUT2D eigenvalue weighted by molar-refractivity contribution is -0.143. The number of hydrogen-bond donors (Lipinski definition) is 6. The van der Waals surface area contributed by atoms with Crippen LogP contribution < -0.4 is 21.7 Å². The molecule has 3 aromatic rings. The van der Waals surface area contributed by atoms with E-state index in [0.717, 1.165) is 22.0 Å². The number of rotatable bonds is 15. The van der Waals surface area contributed by atoms with Gasteiger partial charge in [-0.2, -0.15) is 11.8 Å². The Kier molecular flexibility index (Phi) is 12.0. The first-order valence-electron chi connectivity index (χ1n) is 15.4. The lowest BCUT2D eigenvalue weighted by atomic mass is 10.0. The van der Waals surface area contributed by atoms with Crippen molar-refractivity contribution in [3.8, 4) is 0 Å². The highest BCUT2D eigenvalue weighted by Gasteiger charge is 2.45. The van der Waals surface area contributed by atoms with E-state index in [1.807, 2.05) is 31.2 Å². The van der Waals surface area contributed by atoms with Crippen LogP contribution in [0, 0.1) is 0 Å². The quantitative estimate of drug-likeness (QED) is 0.139. The van der Waals surface area contributed by atoms with Crippen molar-refractivity contribution in [3.63, 3.8) is 0 Å². The van der Waals surface area contributed by atoms with E-state index in [4.69, 9.17) is 5.73 Å². The van der Waals surface area contributed by atoms with E-state index >= 15 is 0 Å². The summed E-state index contributed by atoms with van der Waals surface area (Å²) in [5, 5.41) is 17.9. The number of hydrogen-bond acceptors (Lipinski definition) is 7. The smallest absolute Gasteiger partial charge is 0.305 e. The molecular formula is C33H40N6O7S. The molecule has 2 aromatic carbocycles. The van der Waals surface area contributed by atoms with Crippen LogP contribution >= 0.6 is 11.8 Å². The molecule has 0 spiro atoms. The van der Waals surface area contributed by atoms with Crippen molar-refractivity contribution in [2.24, 2.45) is 5.73 Å². The minimum atomic E-state index is -1.56. The number of aliphatic carboxylic acids is 1. The van der Waals surface area contributed by atoms with Gasteiger partial charge in [-0.1, -0.05) is 55.5 Å². The maximum atomic E-state index is 14.1. The van der Waals surface area contributed by atoms with Crippen LogP contribution in [-0.4, -0.2) is 92.2 Å². The number of aromatic amines is 1. The molecule has 5 amide bonds. The Morgan fingerprint density at radius 1 is 0.957 bits per heavy atom. The van der Waals surface area contributed by atoms with Crippen LogP contribution in [-0.2, 0) is 41.6 Å². The van der Waals surface area contributed by atoms with Gasteiger partial charge in [-0.25, -0.2) is 0 Å². The summed E-state index contributed by atoms with van der Waals surface area (Å²) < 4.78 is 0. The SMILES string of the molecule is CCS[C@H]1CCN(C(=O)[C@H](Cc2c[nH]c3ccccc23)NC(C)=O)[C@@H]1C(=O)N[C@@H](CC(=O)O)C(=O)N[C@@H](Cc1ccccc1)C(N)=O. The Labute approximate surface area is 276 Å². The molecule has 14 heteroatoms. The van der Waals surface area contributed by atoms with Crippen LogP contribution in [0.1, 0.15) is 37.8 Å². The number of benzene rings is 2. The van der Waals surface area contributed by atoms with Crippen LogP contribution in [0.15, 0.2) is 60.8 Å².